The molecule has 32 heavy (non-hydrogen) atoms. The fraction of sp³-hybridized carbons (Fsp3) is 0.708. The third-order valence-electron chi connectivity index (χ3n) is 7.80. The number of ether oxygens (including phenoxy) is 2. The van der Waals surface area contributed by atoms with Gasteiger partial charge in [0.15, 0.2) is 23.1 Å². The Morgan fingerprint density at radius 1 is 0.844 bits per heavy atom. The Hall–Kier alpha value is -1.55. The molecule has 2 unspecified atom stereocenters. The number of hydrogen-bond acceptors (Lipinski definition) is 5. The summed E-state index contributed by atoms with van der Waals surface area (Å²) in [6.45, 7) is 23.3. The molecule has 1 aromatic rings. The summed E-state index contributed by atoms with van der Waals surface area (Å²) in [7, 11) is -1.14. The van der Waals surface area contributed by atoms with E-state index >= 15 is 4.39 Å². The number of rotatable bonds is 10. The minimum absolute atomic E-state index is 0.0446. The van der Waals surface area contributed by atoms with E-state index in [0.717, 1.165) is 0 Å². The summed E-state index contributed by atoms with van der Waals surface area (Å²) in [5.41, 5.74) is 0.209. The summed E-state index contributed by atoms with van der Waals surface area (Å²) in [6.07, 6.45) is 0. The molecular formula is C24H43FO5Si2. The van der Waals surface area contributed by atoms with Gasteiger partial charge in [-0.1, -0.05) is 55.4 Å². The second kappa shape index (κ2) is 10.6. The molecule has 184 valence electrons. The lowest BCUT2D eigenvalue weighted by atomic mass is 9.99. The fourth-order valence-electron chi connectivity index (χ4n) is 3.14. The Morgan fingerprint density at radius 2 is 1.25 bits per heavy atom. The standard InChI is InChI=1S/C24H43FO5Si2/c1-14(2)23(6,7)31(12)29-19-16(5)17(22(26)28-11)18(25)20(27-10)21(19)30-32(13)24(8,9)15(3)4/h14-15,31-32H,1-13H3. The molecule has 0 saturated heterocycles. The molecule has 0 amide bonds. The van der Waals surface area contributed by atoms with Crippen LogP contribution in [0.25, 0.3) is 0 Å². The average Bonchev–Trinajstić information content (AvgIpc) is 2.70. The third-order valence-corrected chi connectivity index (χ3v) is 14.5. The van der Waals surface area contributed by atoms with Crippen molar-refractivity contribution in [1.29, 1.82) is 0 Å². The van der Waals surface area contributed by atoms with Gasteiger partial charge in [0.05, 0.1) is 14.2 Å². The maximum Gasteiger partial charge on any atom is 0.341 e. The lowest BCUT2D eigenvalue weighted by Crippen LogP contribution is -2.37. The zero-order chi connectivity index (χ0) is 25.2. The minimum atomic E-state index is -1.89. The predicted molar refractivity (Wildman–Crippen MR) is 134 cm³/mol. The van der Waals surface area contributed by atoms with Gasteiger partial charge in [-0.15, -0.1) is 0 Å². The highest BCUT2D eigenvalue weighted by atomic mass is 28.3. The molecule has 2 atom stereocenters. The van der Waals surface area contributed by atoms with E-state index in [1.165, 1.54) is 14.2 Å². The number of esters is 1. The Balaban J connectivity index is 3.80. The van der Waals surface area contributed by atoms with E-state index in [9.17, 15) is 4.79 Å². The summed E-state index contributed by atoms with van der Waals surface area (Å²) < 4.78 is 38.9. The summed E-state index contributed by atoms with van der Waals surface area (Å²) in [5, 5.41) is -0.106. The highest BCUT2D eigenvalue weighted by Crippen LogP contribution is 2.49. The van der Waals surface area contributed by atoms with Crippen LogP contribution in [0.2, 0.25) is 23.2 Å². The van der Waals surface area contributed by atoms with Gasteiger partial charge in [0.25, 0.3) is 0 Å². The number of halogens is 1. The average molecular weight is 487 g/mol. The lowest BCUT2D eigenvalue weighted by Gasteiger charge is -2.37. The molecule has 0 aliphatic rings. The van der Waals surface area contributed by atoms with Crippen LogP contribution in [0.3, 0.4) is 0 Å². The summed E-state index contributed by atoms with van der Waals surface area (Å²) >= 11 is 0. The monoisotopic (exact) mass is 486 g/mol. The van der Waals surface area contributed by atoms with E-state index in [0.29, 0.717) is 23.1 Å². The van der Waals surface area contributed by atoms with Crippen LogP contribution in [0.15, 0.2) is 0 Å². The summed E-state index contributed by atoms with van der Waals surface area (Å²) in [5.74, 6) is -0.205. The number of benzene rings is 1. The molecule has 0 radical (unpaired) electrons. The molecule has 5 nitrogen and oxygen atoms in total. The first-order valence-electron chi connectivity index (χ1n) is 11.4. The molecule has 8 heteroatoms. The van der Waals surface area contributed by atoms with E-state index in [-0.39, 0.29) is 27.1 Å². The minimum Gasteiger partial charge on any atom is -0.543 e. The van der Waals surface area contributed by atoms with Gasteiger partial charge in [0, 0.05) is 5.56 Å². The third kappa shape index (κ3) is 5.50. The Kier molecular flexibility index (Phi) is 9.43. The van der Waals surface area contributed by atoms with Crippen LogP contribution >= 0.6 is 0 Å². The first-order chi connectivity index (χ1) is 14.5. The maximum absolute atomic E-state index is 15.5. The van der Waals surface area contributed by atoms with Crippen LogP contribution in [-0.2, 0) is 4.74 Å². The van der Waals surface area contributed by atoms with E-state index in [4.69, 9.17) is 18.3 Å². The van der Waals surface area contributed by atoms with Gasteiger partial charge >= 0.3 is 5.97 Å². The predicted octanol–water partition coefficient (Wildman–Crippen LogP) is 6.27. The van der Waals surface area contributed by atoms with Gasteiger partial charge in [-0.2, -0.15) is 0 Å². The number of carbonyl (C=O) groups is 1. The Morgan fingerprint density at radius 3 is 1.59 bits per heavy atom. The van der Waals surface area contributed by atoms with Crippen LogP contribution in [0, 0.1) is 24.6 Å². The molecule has 0 heterocycles. The molecule has 0 aromatic heterocycles. The van der Waals surface area contributed by atoms with E-state index in [2.05, 4.69) is 68.5 Å². The van der Waals surface area contributed by atoms with Gasteiger partial charge in [-0.05, 0) is 41.9 Å². The second-order valence-corrected chi connectivity index (χ2v) is 16.5. The number of carbonyl (C=O) groups excluding carboxylic acids is 1. The first-order valence-corrected chi connectivity index (χ1v) is 15.8. The maximum atomic E-state index is 15.5. The van der Waals surface area contributed by atoms with Gasteiger partial charge < -0.3 is 18.3 Å². The first kappa shape index (κ1) is 28.5. The molecule has 0 saturated carbocycles. The van der Waals surface area contributed by atoms with Crippen molar-refractivity contribution in [1.82, 2.24) is 0 Å². The summed E-state index contributed by atoms with van der Waals surface area (Å²) in [6, 6.07) is 0. The number of methoxy groups -OCH3 is 2. The molecule has 0 spiro atoms. The van der Waals surface area contributed by atoms with Crippen molar-refractivity contribution < 1.29 is 27.5 Å². The SMILES string of the molecule is COC(=O)c1c(C)c(O[SiH](C)C(C)(C)C(C)C)c(O[SiH](C)C(C)(C)C(C)C)c(OC)c1F. The molecule has 1 rings (SSSR count). The van der Waals surface area contributed by atoms with Crippen molar-refractivity contribution in [2.75, 3.05) is 14.2 Å². The Bertz CT molecular complexity index is 821. The zero-order valence-corrected chi connectivity index (χ0v) is 24.5. The van der Waals surface area contributed by atoms with Crippen molar-refractivity contribution in [2.24, 2.45) is 11.8 Å². The molecule has 0 N–H and O–H groups in total. The quantitative estimate of drug-likeness (QED) is 0.288. The van der Waals surface area contributed by atoms with Crippen LogP contribution in [0.5, 0.6) is 17.2 Å². The van der Waals surface area contributed by atoms with Gasteiger partial charge in [-0.25, -0.2) is 9.18 Å². The molecular weight excluding hydrogens is 443 g/mol. The van der Waals surface area contributed by atoms with Crippen molar-refractivity contribution >= 4 is 24.0 Å². The zero-order valence-electron chi connectivity index (χ0n) is 22.2. The highest BCUT2D eigenvalue weighted by molar-refractivity contribution is 6.55. The van der Waals surface area contributed by atoms with Gasteiger partial charge in [0.2, 0.25) is 18.1 Å². The Labute approximate surface area is 197 Å². The normalized spacial score (nSPS) is 14.4. The smallest absolute Gasteiger partial charge is 0.341 e. The van der Waals surface area contributed by atoms with Crippen molar-refractivity contribution in [3.8, 4) is 17.2 Å². The fourth-order valence-corrected chi connectivity index (χ4v) is 6.83. The van der Waals surface area contributed by atoms with Crippen LogP contribution in [0.4, 0.5) is 4.39 Å². The largest absolute Gasteiger partial charge is 0.543 e. The van der Waals surface area contributed by atoms with E-state index in [1.54, 1.807) is 6.92 Å². The molecule has 0 bridgehead atoms. The second-order valence-electron chi connectivity index (χ2n) is 10.5. The van der Waals surface area contributed by atoms with Crippen LogP contribution < -0.4 is 13.6 Å². The van der Waals surface area contributed by atoms with Crippen molar-refractivity contribution in [3.63, 3.8) is 0 Å². The van der Waals surface area contributed by atoms with Crippen LogP contribution in [-0.4, -0.2) is 38.3 Å². The molecule has 0 aliphatic heterocycles. The lowest BCUT2D eigenvalue weighted by molar-refractivity contribution is 0.0593. The molecule has 1 aromatic carbocycles. The van der Waals surface area contributed by atoms with E-state index in [1.807, 2.05) is 0 Å². The van der Waals surface area contributed by atoms with Crippen molar-refractivity contribution in [3.05, 3.63) is 16.9 Å². The van der Waals surface area contributed by atoms with Crippen molar-refractivity contribution in [2.45, 2.75) is 85.5 Å². The highest BCUT2D eigenvalue weighted by Gasteiger charge is 2.39. The molecule has 0 aliphatic carbocycles. The van der Waals surface area contributed by atoms with Gasteiger partial charge in [-0.3, -0.25) is 0 Å². The van der Waals surface area contributed by atoms with Gasteiger partial charge in [0.1, 0.15) is 5.56 Å². The van der Waals surface area contributed by atoms with Crippen LogP contribution in [0.1, 0.15) is 71.3 Å². The molecule has 0 fully saturated rings. The topological polar surface area (TPSA) is 54.0 Å². The summed E-state index contributed by atoms with van der Waals surface area (Å²) in [4.78, 5) is 12.5. The van der Waals surface area contributed by atoms with E-state index < -0.39 is 29.9 Å². The number of hydrogen-bond donors (Lipinski definition) is 0.